The summed E-state index contributed by atoms with van der Waals surface area (Å²) < 4.78 is 13.5. The summed E-state index contributed by atoms with van der Waals surface area (Å²) in [6.45, 7) is 0. The maximum atomic E-state index is 13.5. The Morgan fingerprint density at radius 3 is 1.96 bits per heavy atom. The Hall–Kier alpha value is -3.54. The van der Waals surface area contributed by atoms with Gasteiger partial charge in [0.15, 0.2) is 0 Å². The van der Waals surface area contributed by atoms with E-state index in [4.69, 9.17) is 0 Å². The summed E-state index contributed by atoms with van der Waals surface area (Å²) in [7, 11) is 0. The molecule has 0 saturated heterocycles. The quantitative estimate of drug-likeness (QED) is 0.544. The molecular weight excluding hydrogens is 335 g/mol. The molecule has 0 aromatic heterocycles. The lowest BCUT2D eigenvalue weighted by Gasteiger charge is -2.18. The van der Waals surface area contributed by atoms with Crippen LogP contribution in [0.4, 0.5) is 15.8 Å². The van der Waals surface area contributed by atoms with Crippen LogP contribution < -0.4 is 5.32 Å². The van der Waals surface area contributed by atoms with Crippen LogP contribution in [0, 0.1) is 15.9 Å². The molecule has 0 atom stereocenters. The lowest BCUT2D eigenvalue weighted by atomic mass is 9.90. The Balaban J connectivity index is 1.94. The first kappa shape index (κ1) is 17.3. The van der Waals surface area contributed by atoms with Gasteiger partial charge in [-0.15, -0.1) is 0 Å². The Labute approximate surface area is 149 Å². The molecule has 0 radical (unpaired) electrons. The molecule has 0 bridgehead atoms. The molecule has 0 aliphatic carbocycles. The zero-order valence-corrected chi connectivity index (χ0v) is 13.6. The number of nitrogens with one attached hydrogen (secondary N) is 1. The number of benzene rings is 3. The Morgan fingerprint density at radius 1 is 0.923 bits per heavy atom. The van der Waals surface area contributed by atoms with Gasteiger partial charge in [-0.25, -0.2) is 0 Å². The number of amides is 1. The average molecular weight is 350 g/mol. The fraction of sp³-hybridized carbons (Fsp3) is 0.0500. The largest absolute Gasteiger partial charge is 0.325 e. The maximum Gasteiger partial charge on any atom is 0.306 e. The van der Waals surface area contributed by atoms with Gasteiger partial charge in [-0.1, -0.05) is 60.7 Å². The predicted molar refractivity (Wildman–Crippen MR) is 96.4 cm³/mol. The van der Waals surface area contributed by atoms with Crippen LogP contribution in [-0.2, 0) is 4.79 Å². The predicted octanol–water partition coefficient (Wildman–Crippen LogP) is 4.50. The van der Waals surface area contributed by atoms with Crippen LogP contribution in [0.5, 0.6) is 0 Å². The summed E-state index contributed by atoms with van der Waals surface area (Å²) in [5, 5.41) is 13.5. The van der Waals surface area contributed by atoms with E-state index >= 15 is 0 Å². The highest BCUT2D eigenvalue weighted by atomic mass is 19.1. The number of halogens is 1. The number of carbonyl (C=O) groups excluding carboxylic acids is 1. The molecular formula is C20H15FN2O3. The molecule has 3 aromatic rings. The summed E-state index contributed by atoms with van der Waals surface area (Å²) in [5.41, 5.74) is 1.05. The second-order valence-corrected chi connectivity index (χ2v) is 5.67. The molecule has 0 aliphatic rings. The number of anilines is 1. The minimum atomic E-state index is -0.948. The minimum absolute atomic E-state index is 0.167. The van der Waals surface area contributed by atoms with Crippen molar-refractivity contribution in [2.24, 2.45) is 0 Å². The van der Waals surface area contributed by atoms with Crippen LogP contribution in [0.1, 0.15) is 17.0 Å². The molecule has 0 spiro atoms. The zero-order valence-electron chi connectivity index (χ0n) is 13.6. The van der Waals surface area contributed by atoms with E-state index in [-0.39, 0.29) is 11.6 Å². The van der Waals surface area contributed by atoms with E-state index in [9.17, 15) is 19.3 Å². The van der Waals surface area contributed by atoms with E-state index in [1.165, 1.54) is 6.07 Å². The van der Waals surface area contributed by atoms with Crippen molar-refractivity contribution >= 4 is 17.3 Å². The van der Waals surface area contributed by atoms with Crippen LogP contribution in [0.2, 0.25) is 0 Å². The van der Waals surface area contributed by atoms with Gasteiger partial charge in [0.25, 0.3) is 0 Å². The molecule has 130 valence electrons. The van der Waals surface area contributed by atoms with E-state index in [0.717, 1.165) is 23.3 Å². The van der Waals surface area contributed by atoms with Crippen molar-refractivity contribution in [3.8, 4) is 0 Å². The topological polar surface area (TPSA) is 72.2 Å². The van der Waals surface area contributed by atoms with Gasteiger partial charge in [0, 0.05) is 11.8 Å². The van der Waals surface area contributed by atoms with Gasteiger partial charge in [-0.05, 0) is 23.3 Å². The fourth-order valence-corrected chi connectivity index (χ4v) is 2.73. The Kier molecular flexibility index (Phi) is 5.03. The molecule has 1 N–H and O–H groups in total. The van der Waals surface area contributed by atoms with E-state index in [1.54, 1.807) is 0 Å². The highest BCUT2D eigenvalue weighted by molar-refractivity contribution is 5.98. The number of nitro groups is 1. The molecule has 1 amide bonds. The van der Waals surface area contributed by atoms with E-state index in [0.29, 0.717) is 0 Å². The highest BCUT2D eigenvalue weighted by Crippen LogP contribution is 2.27. The van der Waals surface area contributed by atoms with Gasteiger partial charge in [-0.2, -0.15) is 4.39 Å². The second kappa shape index (κ2) is 7.57. The van der Waals surface area contributed by atoms with Crippen LogP contribution in [0.3, 0.4) is 0 Å². The third-order valence-corrected chi connectivity index (χ3v) is 3.94. The molecule has 3 rings (SSSR count). The summed E-state index contributed by atoms with van der Waals surface area (Å²) in [6.07, 6.45) is 0. The lowest BCUT2D eigenvalue weighted by Crippen LogP contribution is -2.22. The normalized spacial score (nSPS) is 10.5. The summed E-state index contributed by atoms with van der Waals surface area (Å²) >= 11 is 0. The zero-order chi connectivity index (χ0) is 18.5. The first-order chi connectivity index (χ1) is 12.6. The van der Waals surface area contributed by atoms with Crippen molar-refractivity contribution in [2.75, 3.05) is 5.32 Å². The third-order valence-electron chi connectivity index (χ3n) is 3.94. The standard InChI is InChI=1S/C20H15FN2O3/c21-17-12-11-16(13-18(17)23(25)26)22-20(24)19(14-7-3-1-4-8-14)15-9-5-2-6-10-15/h1-13,19H,(H,22,24). The average Bonchev–Trinajstić information content (AvgIpc) is 2.65. The molecule has 0 aliphatic heterocycles. The second-order valence-electron chi connectivity index (χ2n) is 5.67. The van der Waals surface area contributed by atoms with Crippen LogP contribution in [-0.4, -0.2) is 10.8 Å². The molecule has 0 saturated carbocycles. The summed E-state index contributed by atoms with van der Waals surface area (Å²) in [4.78, 5) is 23.0. The van der Waals surface area contributed by atoms with Crippen molar-refractivity contribution in [3.63, 3.8) is 0 Å². The van der Waals surface area contributed by atoms with Crippen LogP contribution >= 0.6 is 0 Å². The number of rotatable bonds is 5. The van der Waals surface area contributed by atoms with Crippen molar-refractivity contribution < 1.29 is 14.1 Å². The molecule has 6 heteroatoms. The third kappa shape index (κ3) is 3.75. The summed E-state index contributed by atoms with van der Waals surface area (Å²) in [5.74, 6) is -1.90. The van der Waals surface area contributed by atoms with Crippen LogP contribution in [0.25, 0.3) is 0 Å². The van der Waals surface area contributed by atoms with Gasteiger partial charge in [0.05, 0.1) is 10.8 Å². The monoisotopic (exact) mass is 350 g/mol. The van der Waals surface area contributed by atoms with Gasteiger partial charge in [0.2, 0.25) is 11.7 Å². The van der Waals surface area contributed by atoms with Crippen molar-refractivity contribution in [2.45, 2.75) is 5.92 Å². The number of hydrogen-bond acceptors (Lipinski definition) is 3. The van der Waals surface area contributed by atoms with E-state index in [2.05, 4.69) is 5.32 Å². The fourth-order valence-electron chi connectivity index (χ4n) is 2.73. The van der Waals surface area contributed by atoms with Crippen molar-refractivity contribution in [1.82, 2.24) is 0 Å². The maximum absolute atomic E-state index is 13.5. The number of hydrogen-bond donors (Lipinski definition) is 1. The number of nitro benzene ring substituents is 1. The van der Waals surface area contributed by atoms with E-state index < -0.39 is 22.3 Å². The molecule has 5 nitrogen and oxygen atoms in total. The van der Waals surface area contributed by atoms with Gasteiger partial charge in [-0.3, -0.25) is 14.9 Å². The molecule has 26 heavy (non-hydrogen) atoms. The smallest absolute Gasteiger partial charge is 0.306 e. The first-order valence-electron chi connectivity index (χ1n) is 7.91. The lowest BCUT2D eigenvalue weighted by molar-refractivity contribution is -0.387. The van der Waals surface area contributed by atoms with Gasteiger partial charge >= 0.3 is 5.69 Å². The molecule has 0 unspecified atom stereocenters. The van der Waals surface area contributed by atoms with Crippen molar-refractivity contribution in [1.29, 1.82) is 0 Å². The minimum Gasteiger partial charge on any atom is -0.325 e. The first-order valence-corrected chi connectivity index (χ1v) is 7.91. The Bertz CT molecular complexity index is 891. The van der Waals surface area contributed by atoms with Crippen molar-refractivity contribution in [3.05, 3.63) is 106 Å². The summed E-state index contributed by atoms with van der Waals surface area (Å²) in [6, 6.07) is 21.7. The number of nitrogens with zero attached hydrogens (tertiary/aromatic N) is 1. The number of carbonyl (C=O) groups is 1. The molecule has 0 fully saturated rings. The SMILES string of the molecule is O=C(Nc1ccc(F)c([N+](=O)[O-])c1)C(c1ccccc1)c1ccccc1. The van der Waals surface area contributed by atoms with Gasteiger partial charge in [0.1, 0.15) is 0 Å². The molecule has 0 heterocycles. The van der Waals surface area contributed by atoms with Crippen LogP contribution in [0.15, 0.2) is 78.9 Å². The molecule has 3 aromatic carbocycles. The Morgan fingerprint density at radius 2 is 1.46 bits per heavy atom. The van der Waals surface area contributed by atoms with E-state index in [1.807, 2.05) is 60.7 Å². The highest BCUT2D eigenvalue weighted by Gasteiger charge is 2.23. The van der Waals surface area contributed by atoms with Gasteiger partial charge < -0.3 is 5.32 Å².